The fourth-order valence-corrected chi connectivity index (χ4v) is 1.33. The van der Waals surface area contributed by atoms with Crippen molar-refractivity contribution in [3.63, 3.8) is 0 Å². The zero-order valence-corrected chi connectivity index (χ0v) is 8.67. The van der Waals surface area contributed by atoms with Gasteiger partial charge in [-0.25, -0.2) is 0 Å². The van der Waals surface area contributed by atoms with Crippen molar-refractivity contribution in [1.29, 1.82) is 0 Å². The number of nitrogens with zero attached hydrogens (tertiary/aromatic N) is 3. The summed E-state index contributed by atoms with van der Waals surface area (Å²) in [7, 11) is 3.85. The number of aromatic nitrogens is 3. The molecule has 4 nitrogen and oxygen atoms in total. The van der Waals surface area contributed by atoms with Crippen LogP contribution in [0, 0.1) is 0 Å². The largest absolute Gasteiger partial charge is 0.357 e. The van der Waals surface area contributed by atoms with Crippen molar-refractivity contribution in [2.75, 3.05) is 12.4 Å². The van der Waals surface area contributed by atoms with Gasteiger partial charge in [0.15, 0.2) is 0 Å². The maximum atomic E-state index is 4.11. The Morgan fingerprint density at radius 2 is 2.08 bits per heavy atom. The minimum Gasteiger partial charge on any atom is -0.357 e. The molecular weight excluding hydrogens is 164 g/mol. The van der Waals surface area contributed by atoms with Gasteiger partial charge in [-0.3, -0.25) is 0 Å². The molecule has 4 heteroatoms. The van der Waals surface area contributed by atoms with Gasteiger partial charge in [-0.1, -0.05) is 19.8 Å². The summed E-state index contributed by atoms with van der Waals surface area (Å²) in [6.45, 7) is 2.20. The van der Waals surface area contributed by atoms with E-state index >= 15 is 0 Å². The van der Waals surface area contributed by atoms with Gasteiger partial charge < -0.3 is 9.88 Å². The van der Waals surface area contributed by atoms with Crippen molar-refractivity contribution in [3.8, 4) is 0 Å². The van der Waals surface area contributed by atoms with Crippen LogP contribution in [0.2, 0.25) is 0 Å². The van der Waals surface area contributed by atoms with Gasteiger partial charge in [-0.2, -0.15) is 0 Å². The number of unbranched alkanes of at least 4 members (excludes halogenated alkanes) is 2. The van der Waals surface area contributed by atoms with Crippen LogP contribution in [-0.4, -0.2) is 21.8 Å². The summed E-state index contributed by atoms with van der Waals surface area (Å²) < 4.78 is 2.01. The van der Waals surface area contributed by atoms with Crippen LogP contribution in [0.1, 0.15) is 32.0 Å². The Bertz CT molecular complexity index is 254. The van der Waals surface area contributed by atoms with E-state index in [0.717, 1.165) is 18.2 Å². The van der Waals surface area contributed by atoms with Crippen molar-refractivity contribution in [1.82, 2.24) is 14.8 Å². The molecule has 0 atom stereocenters. The predicted molar refractivity (Wildman–Crippen MR) is 53.8 cm³/mol. The van der Waals surface area contributed by atoms with Crippen molar-refractivity contribution >= 4 is 5.95 Å². The Labute approximate surface area is 79.4 Å². The first-order valence-electron chi connectivity index (χ1n) is 4.85. The number of hydrogen-bond donors (Lipinski definition) is 1. The summed E-state index contributed by atoms with van der Waals surface area (Å²) in [4.78, 5) is 0. The predicted octanol–water partition coefficient (Wildman–Crippen LogP) is 1.59. The lowest BCUT2D eigenvalue weighted by Crippen LogP contribution is -2.02. The van der Waals surface area contributed by atoms with Crippen molar-refractivity contribution in [2.24, 2.45) is 7.05 Å². The van der Waals surface area contributed by atoms with Gasteiger partial charge >= 0.3 is 0 Å². The molecule has 1 heterocycles. The molecule has 0 aliphatic rings. The monoisotopic (exact) mass is 182 g/mol. The van der Waals surface area contributed by atoms with E-state index < -0.39 is 0 Å². The lowest BCUT2D eigenvalue weighted by Gasteiger charge is -2.01. The lowest BCUT2D eigenvalue weighted by molar-refractivity contribution is 0.671. The number of anilines is 1. The van der Waals surface area contributed by atoms with Crippen LogP contribution in [-0.2, 0) is 13.5 Å². The van der Waals surface area contributed by atoms with Crippen molar-refractivity contribution in [3.05, 3.63) is 5.82 Å². The molecule has 1 aromatic heterocycles. The number of aryl methyl sites for hydroxylation is 1. The molecule has 0 amide bonds. The summed E-state index contributed by atoms with van der Waals surface area (Å²) in [5.74, 6) is 1.91. The van der Waals surface area contributed by atoms with Crippen LogP contribution in [0.3, 0.4) is 0 Å². The summed E-state index contributed by atoms with van der Waals surface area (Å²) in [6.07, 6.45) is 4.74. The zero-order chi connectivity index (χ0) is 9.68. The molecule has 1 rings (SSSR count). The molecule has 0 aromatic carbocycles. The molecule has 0 aliphatic carbocycles. The Kier molecular flexibility index (Phi) is 3.73. The van der Waals surface area contributed by atoms with Crippen LogP contribution >= 0.6 is 0 Å². The highest BCUT2D eigenvalue weighted by atomic mass is 15.3. The smallest absolute Gasteiger partial charge is 0.224 e. The molecule has 0 saturated heterocycles. The van der Waals surface area contributed by atoms with Gasteiger partial charge in [0.1, 0.15) is 5.82 Å². The van der Waals surface area contributed by atoms with Crippen LogP contribution in [0.5, 0.6) is 0 Å². The molecule has 13 heavy (non-hydrogen) atoms. The minimum absolute atomic E-state index is 0.839. The Balaban J connectivity index is 2.51. The molecule has 0 fully saturated rings. The first-order chi connectivity index (χ1) is 6.29. The highest BCUT2D eigenvalue weighted by Crippen LogP contribution is 2.07. The second kappa shape index (κ2) is 4.84. The van der Waals surface area contributed by atoms with E-state index in [-0.39, 0.29) is 0 Å². The van der Waals surface area contributed by atoms with E-state index in [1.807, 2.05) is 18.7 Å². The summed E-state index contributed by atoms with van der Waals surface area (Å²) in [5, 5.41) is 11.1. The van der Waals surface area contributed by atoms with E-state index in [9.17, 15) is 0 Å². The van der Waals surface area contributed by atoms with Crippen LogP contribution in [0.25, 0.3) is 0 Å². The quantitative estimate of drug-likeness (QED) is 0.703. The number of rotatable bonds is 5. The second-order valence-corrected chi connectivity index (χ2v) is 3.21. The molecular formula is C9H18N4. The van der Waals surface area contributed by atoms with E-state index in [1.54, 1.807) is 0 Å². The molecule has 74 valence electrons. The third kappa shape index (κ3) is 2.44. The molecule has 0 saturated carbocycles. The van der Waals surface area contributed by atoms with Gasteiger partial charge in [0.05, 0.1) is 0 Å². The molecule has 0 bridgehead atoms. The molecule has 1 aromatic rings. The summed E-state index contributed by atoms with van der Waals surface area (Å²) in [6, 6.07) is 0. The maximum absolute atomic E-state index is 4.11. The molecule has 1 N–H and O–H groups in total. The maximum Gasteiger partial charge on any atom is 0.224 e. The summed E-state index contributed by atoms with van der Waals surface area (Å²) >= 11 is 0. The van der Waals surface area contributed by atoms with E-state index in [0.29, 0.717) is 0 Å². The lowest BCUT2D eigenvalue weighted by atomic mass is 10.2. The third-order valence-electron chi connectivity index (χ3n) is 2.19. The fourth-order valence-electron chi connectivity index (χ4n) is 1.33. The third-order valence-corrected chi connectivity index (χ3v) is 2.19. The average molecular weight is 182 g/mol. The SMILES string of the molecule is CCCCCc1nnc(NC)n1C. The standard InChI is InChI=1S/C9H18N4/c1-4-5-6-7-8-11-12-9(10-2)13(8)3/h4-7H2,1-3H3,(H,10,12). The first-order valence-corrected chi connectivity index (χ1v) is 4.85. The topological polar surface area (TPSA) is 42.7 Å². The van der Waals surface area contributed by atoms with Crippen molar-refractivity contribution < 1.29 is 0 Å². The van der Waals surface area contributed by atoms with Gasteiger partial charge in [0.2, 0.25) is 5.95 Å². The molecule has 0 radical (unpaired) electrons. The highest BCUT2D eigenvalue weighted by molar-refractivity contribution is 5.23. The number of hydrogen-bond acceptors (Lipinski definition) is 3. The van der Waals surface area contributed by atoms with E-state index in [2.05, 4.69) is 22.4 Å². The van der Waals surface area contributed by atoms with Gasteiger partial charge in [-0.05, 0) is 6.42 Å². The first kappa shape index (κ1) is 10.0. The van der Waals surface area contributed by atoms with Crippen LogP contribution in [0.15, 0.2) is 0 Å². The zero-order valence-electron chi connectivity index (χ0n) is 8.67. The fraction of sp³-hybridized carbons (Fsp3) is 0.778. The Morgan fingerprint density at radius 3 is 2.62 bits per heavy atom. The van der Waals surface area contributed by atoms with Gasteiger partial charge in [0.25, 0.3) is 0 Å². The van der Waals surface area contributed by atoms with Crippen LogP contribution < -0.4 is 5.32 Å². The number of nitrogens with one attached hydrogen (secondary N) is 1. The van der Waals surface area contributed by atoms with Crippen molar-refractivity contribution in [2.45, 2.75) is 32.6 Å². The molecule has 0 aliphatic heterocycles. The minimum atomic E-state index is 0.839. The molecule has 0 spiro atoms. The van der Waals surface area contributed by atoms with Crippen LogP contribution in [0.4, 0.5) is 5.95 Å². The second-order valence-electron chi connectivity index (χ2n) is 3.21. The van der Waals surface area contributed by atoms with E-state index in [4.69, 9.17) is 0 Å². The Morgan fingerprint density at radius 1 is 1.31 bits per heavy atom. The molecule has 0 unspecified atom stereocenters. The summed E-state index contributed by atoms with van der Waals surface area (Å²) in [5.41, 5.74) is 0. The van der Waals surface area contributed by atoms with Gasteiger partial charge in [0, 0.05) is 20.5 Å². The highest BCUT2D eigenvalue weighted by Gasteiger charge is 2.05. The average Bonchev–Trinajstić information content (AvgIpc) is 2.48. The van der Waals surface area contributed by atoms with E-state index in [1.165, 1.54) is 19.3 Å². The Hall–Kier alpha value is -1.06. The normalized spacial score (nSPS) is 10.4. The van der Waals surface area contributed by atoms with Gasteiger partial charge in [-0.15, -0.1) is 10.2 Å².